The predicted octanol–water partition coefficient (Wildman–Crippen LogP) is 2.76. The molecule has 0 aliphatic carbocycles. The van der Waals surface area contributed by atoms with Crippen molar-refractivity contribution in [3.63, 3.8) is 0 Å². The van der Waals surface area contributed by atoms with Gasteiger partial charge in [-0.05, 0) is 18.2 Å². The molecule has 0 amide bonds. The largest absolute Gasteiger partial charge is 0.379 e. The number of hydrogen-bond acceptors (Lipinski definition) is 6. The zero-order chi connectivity index (χ0) is 16.8. The Kier molecular flexibility index (Phi) is 5.79. The molecule has 0 radical (unpaired) electrons. The summed E-state index contributed by atoms with van der Waals surface area (Å²) in [6, 6.07) is 6.24. The number of rotatable bonds is 6. The molecule has 1 fully saturated rings. The van der Waals surface area contributed by atoms with Crippen molar-refractivity contribution in [3.05, 3.63) is 41.4 Å². The van der Waals surface area contributed by atoms with Crippen LogP contribution in [0.15, 0.2) is 30.6 Å². The third-order valence-corrected chi connectivity index (χ3v) is 3.99. The van der Waals surface area contributed by atoms with Crippen molar-refractivity contribution in [1.29, 1.82) is 0 Å². The average Bonchev–Trinajstić information content (AvgIpc) is 2.60. The van der Waals surface area contributed by atoms with E-state index in [1.165, 1.54) is 18.5 Å². The van der Waals surface area contributed by atoms with Crippen molar-refractivity contribution in [2.24, 2.45) is 0 Å². The number of aromatic nitrogens is 2. The summed E-state index contributed by atoms with van der Waals surface area (Å²) in [7, 11) is 0. The molecule has 0 atom stereocenters. The summed E-state index contributed by atoms with van der Waals surface area (Å²) in [4.78, 5) is 10.7. The summed E-state index contributed by atoms with van der Waals surface area (Å²) < 4.78 is 18.5. The minimum atomic E-state index is -0.449. The second kappa shape index (κ2) is 8.23. The highest BCUT2D eigenvalue weighted by molar-refractivity contribution is 6.31. The zero-order valence-corrected chi connectivity index (χ0v) is 13.9. The third-order valence-electron chi connectivity index (χ3n) is 3.70. The first kappa shape index (κ1) is 16.9. The van der Waals surface area contributed by atoms with Crippen LogP contribution in [-0.2, 0) is 4.74 Å². The van der Waals surface area contributed by atoms with Crippen molar-refractivity contribution >= 4 is 28.9 Å². The first-order chi connectivity index (χ1) is 11.7. The Balaban J connectivity index is 1.54. The van der Waals surface area contributed by atoms with Gasteiger partial charge in [-0.3, -0.25) is 4.90 Å². The fourth-order valence-electron chi connectivity index (χ4n) is 2.41. The molecule has 6 nitrogen and oxygen atoms in total. The van der Waals surface area contributed by atoms with Crippen molar-refractivity contribution in [1.82, 2.24) is 14.9 Å². The average molecular weight is 352 g/mol. The van der Waals surface area contributed by atoms with Crippen molar-refractivity contribution in [2.45, 2.75) is 0 Å². The van der Waals surface area contributed by atoms with Crippen LogP contribution in [0.1, 0.15) is 0 Å². The summed E-state index contributed by atoms with van der Waals surface area (Å²) in [5.41, 5.74) is 0.666. The van der Waals surface area contributed by atoms with Gasteiger partial charge in [0.05, 0.1) is 18.2 Å². The number of ether oxygens (including phenoxy) is 1. The molecule has 0 spiro atoms. The quantitative estimate of drug-likeness (QED) is 0.834. The summed E-state index contributed by atoms with van der Waals surface area (Å²) in [5.74, 6) is 0.894. The molecule has 0 bridgehead atoms. The van der Waals surface area contributed by atoms with E-state index in [0.29, 0.717) is 11.5 Å². The molecule has 8 heteroatoms. The Morgan fingerprint density at radius 3 is 2.75 bits per heavy atom. The van der Waals surface area contributed by atoms with E-state index < -0.39 is 5.82 Å². The standard InChI is InChI=1S/C16H19ClFN5O/c17-13-9-12(1-2-14(13)18)22-16-10-15(20-11-21-16)19-3-4-23-5-7-24-8-6-23/h1-2,9-11H,3-8H2,(H2,19,20,21,22). The van der Waals surface area contributed by atoms with Crippen LogP contribution in [0.4, 0.5) is 21.7 Å². The minimum Gasteiger partial charge on any atom is -0.379 e. The molecule has 1 aromatic heterocycles. The third kappa shape index (κ3) is 4.77. The molecule has 24 heavy (non-hydrogen) atoms. The molecule has 3 rings (SSSR count). The van der Waals surface area contributed by atoms with Gasteiger partial charge >= 0.3 is 0 Å². The topological polar surface area (TPSA) is 62.3 Å². The highest BCUT2D eigenvalue weighted by atomic mass is 35.5. The van der Waals surface area contributed by atoms with Gasteiger partial charge in [0.1, 0.15) is 23.8 Å². The van der Waals surface area contributed by atoms with E-state index in [1.54, 1.807) is 12.1 Å². The fraction of sp³-hybridized carbons (Fsp3) is 0.375. The van der Waals surface area contributed by atoms with Crippen molar-refractivity contribution in [2.75, 3.05) is 50.0 Å². The molecular formula is C16H19ClFN5O. The Bertz CT molecular complexity index is 681. The van der Waals surface area contributed by atoms with Gasteiger partial charge in [-0.2, -0.15) is 0 Å². The number of nitrogens with zero attached hydrogens (tertiary/aromatic N) is 3. The monoisotopic (exact) mass is 351 g/mol. The van der Waals surface area contributed by atoms with E-state index in [9.17, 15) is 4.39 Å². The van der Waals surface area contributed by atoms with Crippen LogP contribution >= 0.6 is 11.6 Å². The predicted molar refractivity (Wildman–Crippen MR) is 92.5 cm³/mol. The lowest BCUT2D eigenvalue weighted by Crippen LogP contribution is -2.39. The lowest BCUT2D eigenvalue weighted by molar-refractivity contribution is 0.0398. The molecule has 2 N–H and O–H groups in total. The normalized spacial score (nSPS) is 15.2. The van der Waals surface area contributed by atoms with Gasteiger partial charge in [0.25, 0.3) is 0 Å². The van der Waals surface area contributed by atoms with E-state index in [-0.39, 0.29) is 5.02 Å². The Morgan fingerprint density at radius 2 is 1.96 bits per heavy atom. The Hall–Kier alpha value is -1.96. The van der Waals surface area contributed by atoms with Gasteiger partial charge in [0.2, 0.25) is 0 Å². The molecule has 0 saturated carbocycles. The molecule has 128 valence electrons. The first-order valence-electron chi connectivity index (χ1n) is 7.79. The zero-order valence-electron chi connectivity index (χ0n) is 13.1. The number of anilines is 3. The lowest BCUT2D eigenvalue weighted by Gasteiger charge is -2.26. The molecule has 2 aromatic rings. The fourth-order valence-corrected chi connectivity index (χ4v) is 2.59. The maximum atomic E-state index is 13.2. The van der Waals surface area contributed by atoms with E-state index in [4.69, 9.17) is 16.3 Å². The second-order valence-electron chi connectivity index (χ2n) is 5.42. The SMILES string of the molecule is Fc1ccc(Nc2cc(NCCN3CCOCC3)ncn2)cc1Cl. The number of halogens is 2. The summed E-state index contributed by atoms with van der Waals surface area (Å²) in [6.45, 7) is 5.24. The van der Waals surface area contributed by atoms with Gasteiger partial charge in [-0.15, -0.1) is 0 Å². The maximum absolute atomic E-state index is 13.2. The Morgan fingerprint density at radius 1 is 1.17 bits per heavy atom. The van der Waals surface area contributed by atoms with Crippen molar-refractivity contribution in [3.8, 4) is 0 Å². The molecule has 1 aromatic carbocycles. The number of morpholine rings is 1. The van der Waals surface area contributed by atoms with Gasteiger partial charge in [-0.1, -0.05) is 11.6 Å². The van der Waals surface area contributed by atoms with Crippen LogP contribution in [0.2, 0.25) is 5.02 Å². The number of nitrogens with one attached hydrogen (secondary N) is 2. The van der Waals surface area contributed by atoms with Crippen LogP contribution in [0.5, 0.6) is 0 Å². The van der Waals surface area contributed by atoms with Gasteiger partial charge in [-0.25, -0.2) is 14.4 Å². The second-order valence-corrected chi connectivity index (χ2v) is 5.83. The van der Waals surface area contributed by atoms with Crippen LogP contribution < -0.4 is 10.6 Å². The first-order valence-corrected chi connectivity index (χ1v) is 8.16. The van der Waals surface area contributed by atoms with Crippen LogP contribution in [0.3, 0.4) is 0 Å². The summed E-state index contributed by atoms with van der Waals surface area (Å²) >= 11 is 5.78. The van der Waals surface area contributed by atoms with Crippen LogP contribution in [0, 0.1) is 5.82 Å². The molecular weight excluding hydrogens is 333 g/mol. The molecule has 1 aliphatic rings. The van der Waals surface area contributed by atoms with E-state index in [1.807, 2.05) is 0 Å². The Labute approximate surface area is 145 Å². The lowest BCUT2D eigenvalue weighted by atomic mass is 10.3. The number of hydrogen-bond donors (Lipinski definition) is 2. The molecule has 1 aliphatic heterocycles. The summed E-state index contributed by atoms with van der Waals surface area (Å²) in [5, 5.41) is 6.43. The van der Waals surface area contributed by atoms with E-state index in [2.05, 4.69) is 25.5 Å². The van der Waals surface area contributed by atoms with Gasteiger partial charge in [0, 0.05) is 37.9 Å². The van der Waals surface area contributed by atoms with Crippen LogP contribution in [0.25, 0.3) is 0 Å². The molecule has 0 unspecified atom stereocenters. The smallest absolute Gasteiger partial charge is 0.141 e. The molecule has 1 saturated heterocycles. The minimum absolute atomic E-state index is 0.0675. The molecule has 2 heterocycles. The highest BCUT2D eigenvalue weighted by Gasteiger charge is 2.09. The van der Waals surface area contributed by atoms with E-state index in [0.717, 1.165) is 45.2 Å². The van der Waals surface area contributed by atoms with Gasteiger partial charge < -0.3 is 15.4 Å². The van der Waals surface area contributed by atoms with E-state index >= 15 is 0 Å². The maximum Gasteiger partial charge on any atom is 0.141 e. The highest BCUT2D eigenvalue weighted by Crippen LogP contribution is 2.22. The number of benzene rings is 1. The van der Waals surface area contributed by atoms with Crippen molar-refractivity contribution < 1.29 is 9.13 Å². The van der Waals surface area contributed by atoms with Crippen LogP contribution in [-0.4, -0.2) is 54.3 Å². The van der Waals surface area contributed by atoms with Gasteiger partial charge in [0.15, 0.2) is 0 Å². The summed E-state index contributed by atoms with van der Waals surface area (Å²) in [6.07, 6.45) is 1.48.